The number of aromatic nitrogens is 5. The molecule has 0 aromatic carbocycles. The number of hydrogen-bond donors (Lipinski definition) is 0. The number of amides is 1. The van der Waals surface area contributed by atoms with Crippen molar-refractivity contribution in [3.63, 3.8) is 0 Å². The van der Waals surface area contributed by atoms with Gasteiger partial charge in [0.2, 0.25) is 5.91 Å². The molecule has 1 amide bonds. The number of carbonyl (C=O) groups is 1. The largest absolute Gasteiger partial charge is 0.339 e. The number of nitrogens with zero attached hydrogens (tertiary/aromatic N) is 6. The molecule has 1 fully saturated rings. The van der Waals surface area contributed by atoms with Crippen molar-refractivity contribution in [1.29, 1.82) is 0 Å². The highest BCUT2D eigenvalue weighted by Crippen LogP contribution is 2.24. The third-order valence-corrected chi connectivity index (χ3v) is 4.24. The molecule has 0 N–H and O–H groups in total. The fourth-order valence-electron chi connectivity index (χ4n) is 3.12. The van der Waals surface area contributed by atoms with Gasteiger partial charge < -0.3 is 4.90 Å². The lowest BCUT2D eigenvalue weighted by Gasteiger charge is -2.34. The summed E-state index contributed by atoms with van der Waals surface area (Å²) >= 11 is 0. The fraction of sp³-hybridized carbons (Fsp3) is 0.600. The van der Waals surface area contributed by atoms with Gasteiger partial charge in [0.1, 0.15) is 17.7 Å². The van der Waals surface area contributed by atoms with Crippen LogP contribution in [-0.4, -0.2) is 48.4 Å². The monoisotopic (exact) mass is 302 g/mol. The summed E-state index contributed by atoms with van der Waals surface area (Å²) in [6.07, 6.45) is 5.55. The topological polar surface area (TPSA) is 68.8 Å². The lowest BCUT2D eigenvalue weighted by atomic mass is 10.0. The molecule has 1 aliphatic heterocycles. The zero-order valence-corrected chi connectivity index (χ0v) is 13.3. The van der Waals surface area contributed by atoms with E-state index in [9.17, 15) is 4.79 Å². The van der Waals surface area contributed by atoms with Gasteiger partial charge in [-0.25, -0.2) is 9.67 Å². The molecule has 3 rings (SSSR count). The second kappa shape index (κ2) is 5.90. The fourth-order valence-corrected chi connectivity index (χ4v) is 3.12. The van der Waals surface area contributed by atoms with Gasteiger partial charge in [0.15, 0.2) is 0 Å². The Kier molecular flexibility index (Phi) is 3.96. The Hall–Kier alpha value is -2.18. The van der Waals surface area contributed by atoms with Crippen LogP contribution in [0.2, 0.25) is 0 Å². The van der Waals surface area contributed by atoms with Gasteiger partial charge in [-0.3, -0.25) is 9.48 Å². The highest BCUT2D eigenvalue weighted by molar-refractivity contribution is 5.80. The van der Waals surface area contributed by atoms with E-state index in [2.05, 4.69) is 15.2 Å². The minimum Gasteiger partial charge on any atom is -0.339 e. The Labute approximate surface area is 129 Å². The van der Waals surface area contributed by atoms with E-state index in [4.69, 9.17) is 0 Å². The zero-order valence-electron chi connectivity index (χ0n) is 13.3. The van der Waals surface area contributed by atoms with Crippen LogP contribution in [0.25, 0.3) is 0 Å². The number of rotatable bonds is 3. The van der Waals surface area contributed by atoms with Gasteiger partial charge >= 0.3 is 0 Å². The van der Waals surface area contributed by atoms with E-state index in [1.54, 1.807) is 10.9 Å². The van der Waals surface area contributed by atoms with Crippen molar-refractivity contribution in [3.8, 4) is 0 Å². The summed E-state index contributed by atoms with van der Waals surface area (Å²) in [7, 11) is 0. The molecule has 22 heavy (non-hydrogen) atoms. The van der Waals surface area contributed by atoms with Gasteiger partial charge in [-0.05, 0) is 39.7 Å². The van der Waals surface area contributed by atoms with Gasteiger partial charge in [0, 0.05) is 25.5 Å². The first-order chi connectivity index (χ1) is 10.6. The van der Waals surface area contributed by atoms with Crippen molar-refractivity contribution < 1.29 is 4.79 Å². The predicted octanol–water partition coefficient (Wildman–Crippen LogP) is 1.52. The molecule has 7 heteroatoms. The lowest BCUT2D eigenvalue weighted by Crippen LogP contribution is -2.44. The number of piperidine rings is 1. The maximum absolute atomic E-state index is 12.7. The Bertz CT molecular complexity index is 647. The molecule has 0 unspecified atom stereocenters. The van der Waals surface area contributed by atoms with Crippen LogP contribution in [0.4, 0.5) is 0 Å². The summed E-state index contributed by atoms with van der Waals surface area (Å²) in [5.41, 5.74) is 0. The molecule has 2 aromatic rings. The number of hydrogen-bond acceptors (Lipinski definition) is 4. The third-order valence-electron chi connectivity index (χ3n) is 4.24. The second-order valence-electron chi connectivity index (χ2n) is 5.89. The predicted molar refractivity (Wildman–Crippen MR) is 81.3 cm³/mol. The van der Waals surface area contributed by atoms with E-state index >= 15 is 0 Å². The van der Waals surface area contributed by atoms with Crippen molar-refractivity contribution in [2.24, 2.45) is 0 Å². The van der Waals surface area contributed by atoms with E-state index in [-0.39, 0.29) is 18.0 Å². The van der Waals surface area contributed by atoms with Gasteiger partial charge in [0.05, 0.1) is 6.04 Å². The summed E-state index contributed by atoms with van der Waals surface area (Å²) in [6, 6.07) is 1.78. The molecule has 3 heterocycles. The summed E-state index contributed by atoms with van der Waals surface area (Å²) in [5.74, 6) is 1.81. The van der Waals surface area contributed by atoms with Crippen LogP contribution in [0.1, 0.15) is 43.5 Å². The third kappa shape index (κ3) is 2.75. The van der Waals surface area contributed by atoms with Crippen LogP contribution in [0.3, 0.4) is 0 Å². The van der Waals surface area contributed by atoms with Crippen molar-refractivity contribution in [2.75, 3.05) is 13.1 Å². The maximum atomic E-state index is 12.7. The van der Waals surface area contributed by atoms with Crippen LogP contribution in [-0.2, 0) is 4.79 Å². The first kappa shape index (κ1) is 14.7. The molecular formula is C15H22N6O. The molecule has 0 spiro atoms. The summed E-state index contributed by atoms with van der Waals surface area (Å²) < 4.78 is 3.67. The quantitative estimate of drug-likeness (QED) is 0.862. The molecule has 0 aliphatic carbocycles. The molecule has 1 saturated heterocycles. The van der Waals surface area contributed by atoms with Gasteiger partial charge in [0.25, 0.3) is 0 Å². The number of carbonyl (C=O) groups excluding carboxylic acids is 1. The minimum absolute atomic E-state index is 0.114. The van der Waals surface area contributed by atoms with E-state index in [0.29, 0.717) is 6.54 Å². The van der Waals surface area contributed by atoms with Crippen LogP contribution >= 0.6 is 0 Å². The Morgan fingerprint density at radius 2 is 2.23 bits per heavy atom. The van der Waals surface area contributed by atoms with Crippen molar-refractivity contribution in [3.05, 3.63) is 30.1 Å². The minimum atomic E-state index is -0.271. The standard InChI is InChI=1S/C15H22N6O/c1-11(20-9-5-7-16-20)15(22)19-8-4-6-14(10-19)21-13(3)17-12(2)18-21/h5,7,9,11,14H,4,6,8,10H2,1-3H3/t11-,14-/m0/s1. The molecule has 0 bridgehead atoms. The first-order valence-electron chi connectivity index (χ1n) is 7.74. The van der Waals surface area contributed by atoms with E-state index < -0.39 is 0 Å². The van der Waals surface area contributed by atoms with Crippen molar-refractivity contribution in [2.45, 2.75) is 45.7 Å². The molecule has 0 radical (unpaired) electrons. The Morgan fingerprint density at radius 3 is 2.86 bits per heavy atom. The van der Waals surface area contributed by atoms with Crippen LogP contribution in [0, 0.1) is 13.8 Å². The molecule has 0 saturated carbocycles. The second-order valence-corrected chi connectivity index (χ2v) is 5.89. The highest BCUT2D eigenvalue weighted by atomic mass is 16.2. The summed E-state index contributed by atoms with van der Waals surface area (Å²) in [4.78, 5) is 19.0. The van der Waals surface area contributed by atoms with E-state index in [1.807, 2.05) is 42.6 Å². The van der Waals surface area contributed by atoms with Gasteiger partial charge in [-0.15, -0.1) is 0 Å². The van der Waals surface area contributed by atoms with E-state index in [1.165, 1.54) is 0 Å². The maximum Gasteiger partial charge on any atom is 0.247 e. The summed E-state index contributed by atoms with van der Waals surface area (Å²) in [6.45, 7) is 7.24. The van der Waals surface area contributed by atoms with E-state index in [0.717, 1.165) is 31.0 Å². The molecular weight excluding hydrogens is 280 g/mol. The summed E-state index contributed by atoms with van der Waals surface area (Å²) in [5, 5.41) is 8.64. The molecule has 118 valence electrons. The molecule has 7 nitrogen and oxygen atoms in total. The van der Waals surface area contributed by atoms with Gasteiger partial charge in [-0.2, -0.15) is 10.2 Å². The normalized spacial score (nSPS) is 20.1. The SMILES string of the molecule is Cc1nc(C)n([C@H]2CCCN(C(=O)[C@H](C)n3cccn3)C2)n1. The van der Waals surface area contributed by atoms with Crippen molar-refractivity contribution in [1.82, 2.24) is 29.4 Å². The number of aryl methyl sites for hydroxylation is 2. The average molecular weight is 302 g/mol. The number of likely N-dealkylation sites (tertiary alicyclic amines) is 1. The molecule has 1 aliphatic rings. The zero-order chi connectivity index (χ0) is 15.7. The van der Waals surface area contributed by atoms with Crippen LogP contribution < -0.4 is 0 Å². The first-order valence-corrected chi connectivity index (χ1v) is 7.74. The molecule has 2 aromatic heterocycles. The molecule has 2 atom stereocenters. The van der Waals surface area contributed by atoms with Gasteiger partial charge in [-0.1, -0.05) is 0 Å². The van der Waals surface area contributed by atoms with Crippen LogP contribution in [0.5, 0.6) is 0 Å². The lowest BCUT2D eigenvalue weighted by molar-refractivity contribution is -0.136. The van der Waals surface area contributed by atoms with Crippen molar-refractivity contribution >= 4 is 5.91 Å². The van der Waals surface area contributed by atoms with Crippen LogP contribution in [0.15, 0.2) is 18.5 Å². The Balaban J connectivity index is 1.73. The highest BCUT2D eigenvalue weighted by Gasteiger charge is 2.29. The smallest absolute Gasteiger partial charge is 0.247 e. The average Bonchev–Trinajstić information content (AvgIpc) is 3.15. The Morgan fingerprint density at radius 1 is 1.41 bits per heavy atom.